The first-order valence-electron chi connectivity index (χ1n) is 3.84. The van der Waals surface area contributed by atoms with E-state index >= 15 is 0 Å². The number of nitrogens with one attached hydrogen (secondary N) is 1. The van der Waals surface area contributed by atoms with Crippen molar-refractivity contribution in [2.75, 3.05) is 6.26 Å². The predicted octanol–water partition coefficient (Wildman–Crippen LogP) is -1.79. The van der Waals surface area contributed by atoms with E-state index < -0.39 is 34.0 Å². The van der Waals surface area contributed by atoms with E-state index in [-0.39, 0.29) is 0 Å². The van der Waals surface area contributed by atoms with Crippen molar-refractivity contribution in [2.24, 2.45) is 5.73 Å². The molecule has 0 unspecified atom stereocenters. The quantitative estimate of drug-likeness (QED) is 0.508. The Morgan fingerprint density at radius 3 is 2.43 bits per heavy atom. The van der Waals surface area contributed by atoms with Crippen molar-refractivity contribution in [3.05, 3.63) is 0 Å². The van der Waals surface area contributed by atoms with E-state index in [1.807, 2.05) is 0 Å². The Bertz CT molecular complexity index is 377. The first-order valence-corrected chi connectivity index (χ1v) is 5.73. The minimum Gasteiger partial charge on any atom is -0.318 e. The standard InChI is InChI=1S/C6H11N3O4S/c1-3-4(7)5(10)9(3)6(11)8-14(2,12)13/h3-4H,7H2,1-2H3,(H,8,11)/t3-,4-/m0/s1. The van der Waals surface area contributed by atoms with Crippen molar-refractivity contribution in [3.63, 3.8) is 0 Å². The molecule has 0 aromatic rings. The molecule has 0 aliphatic carbocycles. The summed E-state index contributed by atoms with van der Waals surface area (Å²) in [6.07, 6.45) is 0.833. The number of hydrogen-bond acceptors (Lipinski definition) is 5. The van der Waals surface area contributed by atoms with Gasteiger partial charge < -0.3 is 5.73 Å². The van der Waals surface area contributed by atoms with Crippen molar-refractivity contribution < 1.29 is 18.0 Å². The summed E-state index contributed by atoms with van der Waals surface area (Å²) < 4.78 is 23.0. The van der Waals surface area contributed by atoms with Gasteiger partial charge >= 0.3 is 6.03 Å². The van der Waals surface area contributed by atoms with Gasteiger partial charge in [-0.1, -0.05) is 0 Å². The van der Waals surface area contributed by atoms with Crippen molar-refractivity contribution in [2.45, 2.75) is 19.0 Å². The van der Waals surface area contributed by atoms with Crippen LogP contribution >= 0.6 is 0 Å². The molecule has 7 nitrogen and oxygen atoms in total. The molecule has 0 saturated carbocycles. The molecular weight excluding hydrogens is 210 g/mol. The lowest BCUT2D eigenvalue weighted by atomic mass is 9.99. The fraction of sp³-hybridized carbons (Fsp3) is 0.667. The summed E-state index contributed by atoms with van der Waals surface area (Å²) in [6, 6.07) is -2.14. The number of imide groups is 1. The lowest BCUT2D eigenvalue weighted by molar-refractivity contribution is -0.142. The second-order valence-electron chi connectivity index (χ2n) is 3.15. The molecule has 14 heavy (non-hydrogen) atoms. The second kappa shape index (κ2) is 3.21. The molecule has 0 spiro atoms. The van der Waals surface area contributed by atoms with E-state index in [2.05, 4.69) is 0 Å². The van der Waals surface area contributed by atoms with Crippen molar-refractivity contribution >= 4 is 22.0 Å². The van der Waals surface area contributed by atoms with Crippen LogP contribution in [0.3, 0.4) is 0 Å². The molecule has 1 fully saturated rings. The lowest BCUT2D eigenvalue weighted by Gasteiger charge is -2.40. The summed E-state index contributed by atoms with van der Waals surface area (Å²) in [6.45, 7) is 1.56. The average Bonchev–Trinajstić information content (AvgIpc) is 2.00. The maximum absolute atomic E-state index is 11.2. The number of nitrogens with zero attached hydrogens (tertiary/aromatic N) is 1. The van der Waals surface area contributed by atoms with Gasteiger partial charge in [0.2, 0.25) is 15.9 Å². The van der Waals surface area contributed by atoms with E-state index in [0.29, 0.717) is 0 Å². The SMILES string of the molecule is C[C@H]1[C@H](N)C(=O)N1C(=O)NS(C)(=O)=O. The van der Waals surface area contributed by atoms with E-state index in [1.54, 1.807) is 11.6 Å². The molecule has 2 atom stereocenters. The zero-order valence-electron chi connectivity index (χ0n) is 7.72. The predicted molar refractivity (Wildman–Crippen MR) is 47.7 cm³/mol. The minimum absolute atomic E-state index is 0.468. The van der Waals surface area contributed by atoms with Crippen LogP contribution in [0.25, 0.3) is 0 Å². The molecule has 1 aliphatic heterocycles. The van der Waals surface area contributed by atoms with Crippen LogP contribution in [0.2, 0.25) is 0 Å². The first-order chi connectivity index (χ1) is 6.24. The lowest BCUT2D eigenvalue weighted by Crippen LogP contribution is -2.70. The van der Waals surface area contributed by atoms with Gasteiger partial charge in [0.1, 0.15) is 6.04 Å². The summed E-state index contributed by atoms with van der Waals surface area (Å²) in [5.41, 5.74) is 5.34. The molecule has 1 heterocycles. The number of carbonyl (C=O) groups is 2. The average molecular weight is 221 g/mol. The van der Waals surface area contributed by atoms with Crippen LogP contribution < -0.4 is 10.5 Å². The van der Waals surface area contributed by atoms with Gasteiger partial charge in [-0.05, 0) is 6.92 Å². The summed E-state index contributed by atoms with van der Waals surface area (Å²) in [5, 5.41) is 0. The van der Waals surface area contributed by atoms with Crippen molar-refractivity contribution in [3.8, 4) is 0 Å². The summed E-state index contributed by atoms with van der Waals surface area (Å²) in [5.74, 6) is -0.571. The summed E-state index contributed by atoms with van der Waals surface area (Å²) >= 11 is 0. The van der Waals surface area contributed by atoms with Gasteiger partial charge in [-0.2, -0.15) is 0 Å². The largest absolute Gasteiger partial charge is 0.338 e. The van der Waals surface area contributed by atoms with E-state index in [9.17, 15) is 18.0 Å². The number of carbonyl (C=O) groups excluding carboxylic acids is 2. The minimum atomic E-state index is -3.64. The van der Waals surface area contributed by atoms with Gasteiger partial charge in [-0.3, -0.25) is 9.69 Å². The van der Waals surface area contributed by atoms with Crippen LogP contribution in [0.1, 0.15) is 6.92 Å². The number of urea groups is 1. The number of hydrogen-bond donors (Lipinski definition) is 2. The third-order valence-corrected chi connectivity index (χ3v) is 2.49. The van der Waals surface area contributed by atoms with Crippen LogP contribution in [0.5, 0.6) is 0 Å². The van der Waals surface area contributed by atoms with Gasteiger partial charge in [0, 0.05) is 0 Å². The molecule has 0 bridgehead atoms. The highest BCUT2D eigenvalue weighted by atomic mass is 32.2. The second-order valence-corrected chi connectivity index (χ2v) is 4.90. The summed E-state index contributed by atoms with van der Waals surface area (Å²) in [7, 11) is -3.64. The molecule has 1 saturated heterocycles. The van der Waals surface area contributed by atoms with E-state index in [4.69, 9.17) is 5.73 Å². The van der Waals surface area contributed by atoms with Crippen LogP contribution in [-0.4, -0.2) is 43.6 Å². The number of amides is 3. The molecule has 3 N–H and O–H groups in total. The Morgan fingerprint density at radius 2 is 2.07 bits per heavy atom. The highest BCUT2D eigenvalue weighted by Gasteiger charge is 2.46. The van der Waals surface area contributed by atoms with E-state index in [0.717, 1.165) is 11.2 Å². The van der Waals surface area contributed by atoms with Crippen LogP contribution in [0.15, 0.2) is 0 Å². The number of rotatable bonds is 1. The Hall–Kier alpha value is -1.15. The van der Waals surface area contributed by atoms with Crippen molar-refractivity contribution in [1.29, 1.82) is 0 Å². The molecular formula is C6H11N3O4S. The van der Waals surface area contributed by atoms with Crippen molar-refractivity contribution in [1.82, 2.24) is 9.62 Å². The molecule has 1 aliphatic rings. The highest BCUT2D eigenvalue weighted by Crippen LogP contribution is 2.17. The Kier molecular flexibility index (Phi) is 2.50. The van der Waals surface area contributed by atoms with Crippen LogP contribution in [0, 0.1) is 0 Å². The summed E-state index contributed by atoms with van der Waals surface area (Å²) in [4.78, 5) is 23.0. The number of sulfonamides is 1. The molecule has 80 valence electrons. The smallest absolute Gasteiger partial charge is 0.318 e. The zero-order valence-corrected chi connectivity index (χ0v) is 8.54. The van der Waals surface area contributed by atoms with Gasteiger partial charge in [0.25, 0.3) is 0 Å². The topological polar surface area (TPSA) is 110 Å². The van der Waals surface area contributed by atoms with E-state index in [1.165, 1.54) is 0 Å². The Labute approximate surface area is 81.3 Å². The third-order valence-electron chi connectivity index (χ3n) is 1.94. The normalized spacial score (nSPS) is 27.1. The van der Waals surface area contributed by atoms with Gasteiger partial charge in [-0.25, -0.2) is 17.9 Å². The molecule has 3 amide bonds. The number of nitrogens with two attached hydrogens (primary N) is 1. The fourth-order valence-corrected chi connectivity index (χ4v) is 1.55. The van der Waals surface area contributed by atoms with Gasteiger partial charge in [0.05, 0.1) is 12.3 Å². The zero-order chi connectivity index (χ0) is 11.1. The molecule has 0 radical (unpaired) electrons. The monoisotopic (exact) mass is 221 g/mol. The first kappa shape index (κ1) is 10.9. The molecule has 0 aromatic carbocycles. The number of likely N-dealkylation sites (tertiary alicyclic amines) is 1. The van der Waals surface area contributed by atoms with Gasteiger partial charge in [-0.15, -0.1) is 0 Å². The maximum Gasteiger partial charge on any atom is 0.338 e. The molecule has 8 heteroatoms. The highest BCUT2D eigenvalue weighted by molar-refractivity contribution is 7.89. The Balaban J connectivity index is 2.69. The fourth-order valence-electron chi connectivity index (χ4n) is 1.14. The number of β-lactam (4-membered cyclic amide) rings is 1. The Morgan fingerprint density at radius 1 is 1.57 bits per heavy atom. The van der Waals surface area contributed by atoms with Gasteiger partial charge in [0.15, 0.2) is 0 Å². The maximum atomic E-state index is 11.2. The van der Waals surface area contributed by atoms with Crippen LogP contribution in [0.4, 0.5) is 4.79 Å². The third kappa shape index (κ3) is 1.85. The molecule has 0 aromatic heterocycles. The van der Waals surface area contributed by atoms with Crippen LogP contribution in [-0.2, 0) is 14.8 Å². The molecule has 1 rings (SSSR count).